The van der Waals surface area contributed by atoms with Gasteiger partial charge in [0.2, 0.25) is 0 Å². The summed E-state index contributed by atoms with van der Waals surface area (Å²) in [7, 11) is 0. The Labute approximate surface area is 85.2 Å². The van der Waals surface area contributed by atoms with Crippen LogP contribution in [0.4, 0.5) is 0 Å². The fourth-order valence-electron chi connectivity index (χ4n) is 0.877. The van der Waals surface area contributed by atoms with E-state index in [2.05, 4.69) is 0 Å². The smallest absolute Gasteiger partial charge is 0.457 e. The number of carboxylic acids is 1. The van der Waals surface area contributed by atoms with Crippen LogP contribution < -0.4 is 4.74 Å². The Morgan fingerprint density at radius 1 is 1.47 bits per heavy atom. The van der Waals surface area contributed by atoms with Gasteiger partial charge in [-0.05, 0) is 12.1 Å². The van der Waals surface area contributed by atoms with Crippen LogP contribution in [0.2, 0.25) is 0 Å². The second kappa shape index (κ2) is 3.95. The molecule has 0 saturated carbocycles. The van der Waals surface area contributed by atoms with Crippen molar-refractivity contribution in [2.45, 2.75) is 12.6 Å². The van der Waals surface area contributed by atoms with Gasteiger partial charge in [0.25, 0.3) is 0 Å². The van der Waals surface area contributed by atoms with Gasteiger partial charge in [0.15, 0.2) is 0 Å². The summed E-state index contributed by atoms with van der Waals surface area (Å²) in [5, 5.41) is 19.3. The molecular formula is C9H9NO5. The standard InChI is InChI=1S/C9H9NO5/c1-9(8(11)12,10(13)14)15-7-5-3-2-4-6-7/h2-6H,1H3,(H,11,12). The average molecular weight is 211 g/mol. The second-order valence-electron chi connectivity index (χ2n) is 2.96. The van der Waals surface area contributed by atoms with E-state index in [1.54, 1.807) is 18.2 Å². The first-order valence-corrected chi connectivity index (χ1v) is 4.09. The van der Waals surface area contributed by atoms with E-state index < -0.39 is 16.6 Å². The first-order chi connectivity index (χ1) is 6.97. The Bertz CT molecular complexity index is 361. The van der Waals surface area contributed by atoms with Crippen LogP contribution in [0.5, 0.6) is 5.75 Å². The largest absolute Gasteiger partial charge is 0.473 e. The molecule has 0 saturated heterocycles. The molecule has 0 spiro atoms. The third kappa shape index (κ3) is 2.22. The predicted octanol–water partition coefficient (Wildman–Crippen LogP) is 1.14. The van der Waals surface area contributed by atoms with Crippen molar-refractivity contribution < 1.29 is 19.6 Å². The molecule has 0 aliphatic rings. The predicted molar refractivity (Wildman–Crippen MR) is 50.1 cm³/mol. The highest BCUT2D eigenvalue weighted by molar-refractivity contribution is 5.75. The molecule has 1 aromatic carbocycles. The van der Waals surface area contributed by atoms with Crippen molar-refractivity contribution >= 4 is 5.97 Å². The van der Waals surface area contributed by atoms with Crippen LogP contribution in [0.15, 0.2) is 30.3 Å². The summed E-state index contributed by atoms with van der Waals surface area (Å²) in [5.74, 6) is -1.50. The normalized spacial score (nSPS) is 13.9. The van der Waals surface area contributed by atoms with Crippen LogP contribution in [0, 0.1) is 10.1 Å². The Morgan fingerprint density at radius 3 is 2.40 bits per heavy atom. The molecule has 6 heteroatoms. The number of ether oxygens (including phenoxy) is 1. The Morgan fingerprint density at radius 2 is 2.00 bits per heavy atom. The lowest BCUT2D eigenvalue weighted by atomic mass is 10.2. The molecule has 1 aromatic rings. The van der Waals surface area contributed by atoms with E-state index >= 15 is 0 Å². The second-order valence-corrected chi connectivity index (χ2v) is 2.96. The van der Waals surface area contributed by atoms with Crippen molar-refractivity contribution in [1.82, 2.24) is 0 Å². The molecule has 1 N–H and O–H groups in total. The van der Waals surface area contributed by atoms with Crippen molar-refractivity contribution in [2.24, 2.45) is 0 Å². The third-order valence-electron chi connectivity index (χ3n) is 1.81. The minimum Gasteiger partial charge on any atom is -0.473 e. The van der Waals surface area contributed by atoms with Crippen molar-refractivity contribution in [3.8, 4) is 5.75 Å². The van der Waals surface area contributed by atoms with Crippen molar-refractivity contribution in [2.75, 3.05) is 0 Å². The van der Waals surface area contributed by atoms with Crippen molar-refractivity contribution in [1.29, 1.82) is 0 Å². The van der Waals surface area contributed by atoms with Gasteiger partial charge >= 0.3 is 11.7 Å². The molecule has 0 aromatic heterocycles. The summed E-state index contributed by atoms with van der Waals surface area (Å²) >= 11 is 0. The molecule has 0 amide bonds. The van der Waals surface area contributed by atoms with Crippen LogP contribution in [0.25, 0.3) is 0 Å². The van der Waals surface area contributed by atoms with Gasteiger partial charge in [-0.3, -0.25) is 10.1 Å². The molecule has 0 fully saturated rings. The van der Waals surface area contributed by atoms with Gasteiger partial charge in [0, 0.05) is 0 Å². The molecule has 1 atom stereocenters. The molecule has 0 aliphatic carbocycles. The molecular weight excluding hydrogens is 202 g/mol. The van der Waals surface area contributed by atoms with Gasteiger partial charge in [-0.15, -0.1) is 0 Å². The maximum atomic E-state index is 10.7. The van der Waals surface area contributed by atoms with Crippen molar-refractivity contribution in [3.05, 3.63) is 40.4 Å². The maximum absolute atomic E-state index is 10.7. The van der Waals surface area contributed by atoms with Crippen LogP contribution in [-0.2, 0) is 4.79 Å². The summed E-state index contributed by atoms with van der Waals surface area (Å²) in [4.78, 5) is 20.3. The average Bonchev–Trinajstić information content (AvgIpc) is 2.18. The summed E-state index contributed by atoms with van der Waals surface area (Å²) in [6.07, 6.45) is 0. The number of carbonyl (C=O) groups is 1. The first-order valence-electron chi connectivity index (χ1n) is 4.09. The SMILES string of the molecule is CC(Oc1ccccc1)(C(=O)O)[N+](=O)[O-]. The van der Waals surface area contributed by atoms with Gasteiger partial charge in [-0.1, -0.05) is 18.2 Å². The van der Waals surface area contributed by atoms with Crippen LogP contribution in [0.3, 0.4) is 0 Å². The quantitative estimate of drug-likeness (QED) is 0.458. The highest BCUT2D eigenvalue weighted by Crippen LogP contribution is 2.18. The molecule has 1 rings (SSSR count). The lowest BCUT2D eigenvalue weighted by molar-refractivity contribution is -0.593. The van der Waals surface area contributed by atoms with Gasteiger partial charge in [-0.25, -0.2) is 4.79 Å². The number of benzene rings is 1. The number of carboxylic acid groups (broad SMARTS) is 1. The summed E-state index contributed by atoms with van der Waals surface area (Å²) in [6.45, 7) is 0.891. The van der Waals surface area contributed by atoms with E-state index in [1.807, 2.05) is 0 Å². The Balaban J connectivity index is 2.95. The van der Waals surface area contributed by atoms with E-state index in [1.165, 1.54) is 12.1 Å². The maximum Gasteiger partial charge on any atom is 0.457 e. The van der Waals surface area contributed by atoms with Gasteiger partial charge in [0.05, 0.1) is 11.8 Å². The highest BCUT2D eigenvalue weighted by atomic mass is 16.7. The number of hydrogen-bond acceptors (Lipinski definition) is 4. The fourth-order valence-corrected chi connectivity index (χ4v) is 0.877. The molecule has 0 aliphatic heterocycles. The molecule has 80 valence electrons. The van der Waals surface area contributed by atoms with Crippen LogP contribution in [-0.4, -0.2) is 21.7 Å². The summed E-state index contributed by atoms with van der Waals surface area (Å²) in [6, 6.07) is 7.78. The highest BCUT2D eigenvalue weighted by Gasteiger charge is 2.49. The van der Waals surface area contributed by atoms with E-state index in [0.29, 0.717) is 0 Å². The first kappa shape index (κ1) is 11.0. The molecule has 6 nitrogen and oxygen atoms in total. The topological polar surface area (TPSA) is 89.7 Å². The molecule has 0 bridgehead atoms. The molecule has 0 heterocycles. The summed E-state index contributed by atoms with van der Waals surface area (Å²) < 4.78 is 4.83. The van der Waals surface area contributed by atoms with E-state index in [4.69, 9.17) is 9.84 Å². The number of nitrogens with zero attached hydrogens (tertiary/aromatic N) is 1. The number of para-hydroxylation sites is 1. The number of rotatable bonds is 4. The lowest BCUT2D eigenvalue weighted by Crippen LogP contribution is -2.48. The zero-order valence-electron chi connectivity index (χ0n) is 7.91. The zero-order chi connectivity index (χ0) is 11.5. The van der Waals surface area contributed by atoms with Crippen LogP contribution in [0.1, 0.15) is 6.92 Å². The fraction of sp³-hybridized carbons (Fsp3) is 0.222. The summed E-state index contributed by atoms with van der Waals surface area (Å²) in [5.41, 5.74) is -2.46. The molecule has 1 unspecified atom stereocenters. The Kier molecular flexibility index (Phi) is 2.89. The monoisotopic (exact) mass is 211 g/mol. The van der Waals surface area contributed by atoms with Gasteiger partial charge in [-0.2, -0.15) is 0 Å². The number of aliphatic carboxylic acids is 1. The molecule has 0 radical (unpaired) electrons. The molecule has 15 heavy (non-hydrogen) atoms. The van der Waals surface area contributed by atoms with Crippen LogP contribution >= 0.6 is 0 Å². The number of hydrogen-bond donors (Lipinski definition) is 1. The van der Waals surface area contributed by atoms with E-state index in [-0.39, 0.29) is 5.75 Å². The van der Waals surface area contributed by atoms with Crippen molar-refractivity contribution in [3.63, 3.8) is 0 Å². The Hall–Kier alpha value is -2.11. The van der Waals surface area contributed by atoms with Gasteiger partial charge in [0.1, 0.15) is 5.75 Å². The van der Waals surface area contributed by atoms with Gasteiger partial charge < -0.3 is 9.84 Å². The minimum absolute atomic E-state index is 0.138. The number of nitro groups is 1. The lowest BCUT2D eigenvalue weighted by Gasteiger charge is -2.17. The van der Waals surface area contributed by atoms with E-state index in [0.717, 1.165) is 6.92 Å². The zero-order valence-corrected chi connectivity index (χ0v) is 7.91. The van der Waals surface area contributed by atoms with E-state index in [9.17, 15) is 14.9 Å². The third-order valence-corrected chi connectivity index (χ3v) is 1.81. The minimum atomic E-state index is -2.46.